The molecule has 0 aliphatic heterocycles. The molecule has 0 radical (unpaired) electrons. The van der Waals surface area contributed by atoms with Gasteiger partial charge in [-0.15, -0.1) is 11.8 Å². The van der Waals surface area contributed by atoms with Crippen LogP contribution in [0.15, 0.2) is 0 Å². The van der Waals surface area contributed by atoms with Crippen molar-refractivity contribution in [3.63, 3.8) is 0 Å². The summed E-state index contributed by atoms with van der Waals surface area (Å²) < 4.78 is 10.2. The third-order valence-corrected chi connectivity index (χ3v) is 6.30. The first-order valence-electron chi connectivity index (χ1n) is 12.6. The molecule has 2 unspecified atom stereocenters. The minimum Gasteiger partial charge on any atom is -0.465 e. The van der Waals surface area contributed by atoms with Gasteiger partial charge >= 0.3 is 12.1 Å². The fourth-order valence-corrected chi connectivity index (χ4v) is 4.38. The summed E-state index contributed by atoms with van der Waals surface area (Å²) in [6.45, 7) is 3.34. The standard InChI is InChI=1S/C25H38N4O7/c1-3-35-23(32)15-28-24(33)21(29-22(31)14-27-17(2)30)12-8-9-13-26-25(34)36-16-20-18-10-6-4-5-7-11-19(18)20/h18-21H,3,6-16H2,1-2H3,(H,26,34)(H,27,30)(H,28,33)(H,29,31)/t18?,19?,20?,21-/m0/s1. The summed E-state index contributed by atoms with van der Waals surface area (Å²) in [6, 6.07) is -0.900. The average Bonchev–Trinajstić information content (AvgIpc) is 3.47. The van der Waals surface area contributed by atoms with E-state index in [0.717, 1.165) is 25.7 Å². The summed E-state index contributed by atoms with van der Waals surface area (Å²) in [5.41, 5.74) is 0. The van der Waals surface area contributed by atoms with Gasteiger partial charge in [-0.05, 0) is 56.8 Å². The van der Waals surface area contributed by atoms with Crippen LogP contribution in [0.5, 0.6) is 0 Å². The maximum Gasteiger partial charge on any atom is 0.407 e. The number of nitrogens with one attached hydrogen (secondary N) is 4. The Morgan fingerprint density at radius 3 is 2.25 bits per heavy atom. The molecule has 36 heavy (non-hydrogen) atoms. The van der Waals surface area contributed by atoms with Crippen LogP contribution in [0.4, 0.5) is 4.79 Å². The number of alkyl carbamates (subject to hydrolysis) is 1. The minimum atomic E-state index is -0.900. The van der Waals surface area contributed by atoms with Crippen molar-refractivity contribution in [2.75, 3.05) is 32.8 Å². The second-order valence-electron chi connectivity index (χ2n) is 9.00. The zero-order chi connectivity index (χ0) is 26.3. The molecule has 4 amide bonds. The largest absolute Gasteiger partial charge is 0.465 e. The van der Waals surface area contributed by atoms with Crippen LogP contribution in [0, 0.1) is 29.6 Å². The van der Waals surface area contributed by atoms with E-state index in [2.05, 4.69) is 33.1 Å². The summed E-state index contributed by atoms with van der Waals surface area (Å²) in [7, 11) is 0. The molecular weight excluding hydrogens is 468 g/mol. The summed E-state index contributed by atoms with van der Waals surface area (Å²) in [4.78, 5) is 59.1. The monoisotopic (exact) mass is 506 g/mol. The molecular formula is C25H38N4O7. The fourth-order valence-electron chi connectivity index (χ4n) is 4.38. The van der Waals surface area contributed by atoms with E-state index in [4.69, 9.17) is 9.47 Å². The number of amides is 4. The highest BCUT2D eigenvalue weighted by Gasteiger charge is 2.49. The smallest absolute Gasteiger partial charge is 0.407 e. The van der Waals surface area contributed by atoms with E-state index in [1.54, 1.807) is 6.92 Å². The molecule has 2 rings (SSSR count). The number of fused-ring (bicyclic) bond motifs is 1. The molecule has 2 aliphatic carbocycles. The Morgan fingerprint density at radius 1 is 0.917 bits per heavy atom. The van der Waals surface area contributed by atoms with E-state index in [-0.39, 0.29) is 32.0 Å². The molecule has 0 bridgehead atoms. The predicted molar refractivity (Wildman–Crippen MR) is 130 cm³/mol. The zero-order valence-corrected chi connectivity index (χ0v) is 21.2. The number of unbranched alkanes of at least 4 members (excludes halogenated alkanes) is 1. The Hall–Kier alpha value is -3.29. The van der Waals surface area contributed by atoms with Gasteiger partial charge in [0.05, 0.1) is 19.8 Å². The Kier molecular flexibility index (Phi) is 12.6. The highest BCUT2D eigenvalue weighted by molar-refractivity contribution is 5.91. The van der Waals surface area contributed by atoms with E-state index in [1.807, 2.05) is 0 Å². The van der Waals surface area contributed by atoms with Crippen LogP contribution in [0.2, 0.25) is 0 Å². The number of carbonyl (C=O) groups excluding carboxylic acids is 5. The molecule has 0 aromatic heterocycles. The Bertz CT molecular complexity index is 833. The van der Waals surface area contributed by atoms with Crippen molar-refractivity contribution >= 4 is 29.8 Å². The minimum absolute atomic E-state index is 0.192. The van der Waals surface area contributed by atoms with Crippen LogP contribution in [0.3, 0.4) is 0 Å². The van der Waals surface area contributed by atoms with Gasteiger partial charge < -0.3 is 30.7 Å². The Balaban J connectivity index is 1.67. The molecule has 2 aliphatic rings. The summed E-state index contributed by atoms with van der Waals surface area (Å²) in [6.07, 6.45) is 4.88. The van der Waals surface area contributed by atoms with E-state index in [0.29, 0.717) is 43.7 Å². The van der Waals surface area contributed by atoms with Crippen molar-refractivity contribution < 1.29 is 33.4 Å². The molecule has 4 N–H and O–H groups in total. The van der Waals surface area contributed by atoms with Gasteiger partial charge in [-0.25, -0.2) is 4.79 Å². The van der Waals surface area contributed by atoms with E-state index >= 15 is 0 Å². The number of ether oxygens (including phenoxy) is 2. The van der Waals surface area contributed by atoms with Crippen LogP contribution in [-0.2, 0) is 28.7 Å². The Morgan fingerprint density at radius 2 is 1.61 bits per heavy atom. The summed E-state index contributed by atoms with van der Waals surface area (Å²) in [5, 5.41) is 10.1. The van der Waals surface area contributed by atoms with E-state index in [1.165, 1.54) is 6.92 Å². The van der Waals surface area contributed by atoms with Gasteiger partial charge in [0.2, 0.25) is 17.7 Å². The van der Waals surface area contributed by atoms with Gasteiger partial charge in [-0.3, -0.25) is 19.2 Å². The van der Waals surface area contributed by atoms with Crippen LogP contribution in [0.25, 0.3) is 0 Å². The number of hydrogen-bond donors (Lipinski definition) is 4. The van der Waals surface area contributed by atoms with Gasteiger partial charge in [0.1, 0.15) is 12.6 Å². The molecule has 1 saturated carbocycles. The maximum absolute atomic E-state index is 12.5. The first-order valence-corrected chi connectivity index (χ1v) is 12.6. The van der Waals surface area contributed by atoms with Crippen LogP contribution in [0.1, 0.15) is 58.8 Å². The first kappa shape index (κ1) is 28.9. The second-order valence-corrected chi connectivity index (χ2v) is 9.00. The lowest BCUT2D eigenvalue weighted by Gasteiger charge is -2.18. The van der Waals surface area contributed by atoms with Crippen molar-refractivity contribution in [3.05, 3.63) is 0 Å². The number of rotatable bonds is 14. The van der Waals surface area contributed by atoms with Crippen LogP contribution < -0.4 is 21.3 Å². The fraction of sp³-hybridized carbons (Fsp3) is 0.720. The normalized spacial score (nSPS) is 20.6. The summed E-state index contributed by atoms with van der Waals surface area (Å²) in [5.74, 6) is 5.97. The van der Waals surface area contributed by atoms with Gasteiger partial charge in [0.15, 0.2) is 0 Å². The molecule has 11 nitrogen and oxygen atoms in total. The molecule has 11 heteroatoms. The molecule has 0 heterocycles. The predicted octanol–water partition coefficient (Wildman–Crippen LogP) is 0.623. The third kappa shape index (κ3) is 11.0. The number of hydrogen-bond acceptors (Lipinski definition) is 7. The van der Waals surface area contributed by atoms with Crippen molar-refractivity contribution in [1.29, 1.82) is 0 Å². The van der Waals surface area contributed by atoms with Gasteiger partial charge in [0, 0.05) is 26.3 Å². The first-order chi connectivity index (χ1) is 17.3. The highest BCUT2D eigenvalue weighted by atomic mass is 16.5. The topological polar surface area (TPSA) is 152 Å². The van der Waals surface area contributed by atoms with Crippen LogP contribution >= 0.6 is 0 Å². The van der Waals surface area contributed by atoms with Crippen LogP contribution in [-0.4, -0.2) is 68.7 Å². The highest BCUT2D eigenvalue weighted by Crippen LogP contribution is 2.52. The van der Waals surface area contributed by atoms with E-state index in [9.17, 15) is 24.0 Å². The van der Waals surface area contributed by atoms with Crippen molar-refractivity contribution in [2.45, 2.75) is 64.8 Å². The van der Waals surface area contributed by atoms with Crippen molar-refractivity contribution in [3.8, 4) is 11.8 Å². The molecule has 1 fully saturated rings. The Labute approximate surface area is 212 Å². The quantitative estimate of drug-likeness (QED) is 0.153. The van der Waals surface area contributed by atoms with Gasteiger partial charge in [-0.1, -0.05) is 0 Å². The number of esters is 1. The molecule has 0 aromatic carbocycles. The lowest BCUT2D eigenvalue weighted by atomic mass is 10.1. The molecule has 0 saturated heterocycles. The second kappa shape index (κ2) is 15.7. The van der Waals surface area contributed by atoms with Crippen molar-refractivity contribution in [2.24, 2.45) is 17.8 Å². The van der Waals surface area contributed by atoms with Gasteiger partial charge in [-0.2, -0.15) is 0 Å². The molecule has 3 atom stereocenters. The maximum atomic E-state index is 12.5. The van der Waals surface area contributed by atoms with Gasteiger partial charge in [0.25, 0.3) is 0 Å². The summed E-state index contributed by atoms with van der Waals surface area (Å²) >= 11 is 0. The lowest BCUT2D eigenvalue weighted by molar-refractivity contribution is -0.143. The average molecular weight is 507 g/mol. The molecule has 0 spiro atoms. The molecule has 0 aromatic rings. The number of carbonyl (C=O) groups is 5. The lowest BCUT2D eigenvalue weighted by Crippen LogP contribution is -2.50. The van der Waals surface area contributed by atoms with E-state index < -0.39 is 29.9 Å². The van der Waals surface area contributed by atoms with Crippen molar-refractivity contribution in [1.82, 2.24) is 21.3 Å². The SMILES string of the molecule is CCOC(=O)CNC(=O)[C@H](CCCCNC(=O)OCC1C2CCC#CCCC21)NC(=O)CNC(C)=O. The zero-order valence-electron chi connectivity index (χ0n) is 21.2. The third-order valence-electron chi connectivity index (χ3n) is 6.30. The molecule has 200 valence electrons.